The normalized spacial score (nSPS) is 10.6. The van der Waals surface area contributed by atoms with Crippen molar-refractivity contribution < 1.29 is 4.79 Å². The summed E-state index contributed by atoms with van der Waals surface area (Å²) in [5.74, 6) is -0.306. The maximum Gasteiger partial charge on any atom is 0.206 e. The van der Waals surface area contributed by atoms with E-state index in [-0.39, 0.29) is 11.4 Å². The Bertz CT molecular complexity index is 415. The number of hydrogen-bond acceptors (Lipinski definition) is 4. The highest BCUT2D eigenvalue weighted by atomic mass is 16.1. The van der Waals surface area contributed by atoms with E-state index in [2.05, 4.69) is 4.98 Å². The average molecular weight is 201 g/mol. The molecule has 76 valence electrons. The fraction of sp³-hybridized carbons (Fsp3) is 0.182. The van der Waals surface area contributed by atoms with Crippen LogP contribution in [0.15, 0.2) is 36.3 Å². The highest BCUT2D eigenvalue weighted by molar-refractivity contribution is 6.10. The topological polar surface area (TPSA) is 57.0 Å². The van der Waals surface area contributed by atoms with Gasteiger partial charge in [-0.15, -0.1) is 0 Å². The number of Topliss-reactive ketones (excluding diaryl/α,β-unsaturated/α-hetero) is 1. The van der Waals surface area contributed by atoms with Gasteiger partial charge in [0.25, 0.3) is 0 Å². The molecule has 1 rings (SSSR count). The first-order chi connectivity index (χ1) is 7.15. The predicted molar refractivity (Wildman–Crippen MR) is 56.0 cm³/mol. The molecule has 0 saturated heterocycles. The molecule has 0 fully saturated rings. The lowest BCUT2D eigenvalue weighted by atomic mass is 10.1. The summed E-state index contributed by atoms with van der Waals surface area (Å²) in [4.78, 5) is 17.2. The molecule has 0 aliphatic rings. The zero-order chi connectivity index (χ0) is 11.3. The van der Waals surface area contributed by atoms with E-state index >= 15 is 0 Å². The molecular formula is C11H11N3O. The Morgan fingerprint density at radius 2 is 2.33 bits per heavy atom. The Morgan fingerprint density at radius 3 is 2.80 bits per heavy atom. The van der Waals surface area contributed by atoms with Gasteiger partial charge in [-0.3, -0.25) is 9.78 Å². The summed E-state index contributed by atoms with van der Waals surface area (Å²) in [6, 6.07) is 5.17. The monoisotopic (exact) mass is 201 g/mol. The van der Waals surface area contributed by atoms with Gasteiger partial charge in [-0.25, -0.2) is 0 Å². The second-order valence-corrected chi connectivity index (χ2v) is 3.19. The van der Waals surface area contributed by atoms with E-state index in [1.807, 2.05) is 6.07 Å². The van der Waals surface area contributed by atoms with Crippen LogP contribution in [-0.2, 0) is 0 Å². The predicted octanol–water partition coefficient (Wildman–Crippen LogP) is 1.23. The van der Waals surface area contributed by atoms with E-state index in [9.17, 15) is 4.79 Å². The van der Waals surface area contributed by atoms with Gasteiger partial charge in [0, 0.05) is 38.3 Å². The fourth-order valence-electron chi connectivity index (χ4n) is 1.05. The number of hydrogen-bond donors (Lipinski definition) is 0. The number of carbonyl (C=O) groups excluding carboxylic acids is 1. The lowest BCUT2D eigenvalue weighted by Gasteiger charge is -2.05. The van der Waals surface area contributed by atoms with Gasteiger partial charge < -0.3 is 4.90 Å². The highest BCUT2D eigenvalue weighted by Crippen LogP contribution is 2.06. The van der Waals surface area contributed by atoms with Crippen LogP contribution in [0.5, 0.6) is 0 Å². The van der Waals surface area contributed by atoms with Gasteiger partial charge in [-0.05, 0) is 12.1 Å². The molecule has 15 heavy (non-hydrogen) atoms. The molecule has 0 aliphatic carbocycles. The van der Waals surface area contributed by atoms with E-state index in [0.29, 0.717) is 5.56 Å². The molecule has 4 nitrogen and oxygen atoms in total. The number of pyridine rings is 1. The standard InChI is InChI=1S/C11H11N3O/c1-14(2)8-10(6-12)11(15)9-4-3-5-13-7-9/h3-5,7-8H,1-2H3. The summed E-state index contributed by atoms with van der Waals surface area (Å²) in [5, 5.41) is 8.82. The van der Waals surface area contributed by atoms with Gasteiger partial charge >= 0.3 is 0 Å². The first-order valence-corrected chi connectivity index (χ1v) is 4.38. The Morgan fingerprint density at radius 1 is 1.60 bits per heavy atom. The molecule has 0 unspecified atom stereocenters. The highest BCUT2D eigenvalue weighted by Gasteiger charge is 2.11. The smallest absolute Gasteiger partial charge is 0.206 e. The third-order valence-corrected chi connectivity index (χ3v) is 1.68. The van der Waals surface area contributed by atoms with Crippen molar-refractivity contribution in [2.45, 2.75) is 0 Å². The first-order valence-electron chi connectivity index (χ1n) is 4.38. The second kappa shape index (κ2) is 4.91. The Hall–Kier alpha value is -2.15. The Labute approximate surface area is 88.5 Å². The molecule has 4 heteroatoms. The van der Waals surface area contributed by atoms with Crippen LogP contribution < -0.4 is 0 Å². The molecule has 1 aromatic heterocycles. The van der Waals surface area contributed by atoms with Crippen molar-refractivity contribution in [2.24, 2.45) is 0 Å². The van der Waals surface area contributed by atoms with E-state index in [4.69, 9.17) is 5.26 Å². The minimum atomic E-state index is -0.306. The maximum absolute atomic E-state index is 11.8. The van der Waals surface area contributed by atoms with Crippen LogP contribution in [0.1, 0.15) is 10.4 Å². The fourth-order valence-corrected chi connectivity index (χ4v) is 1.05. The lowest BCUT2D eigenvalue weighted by molar-refractivity contribution is 0.103. The first kappa shape index (κ1) is 10.9. The van der Waals surface area contributed by atoms with Gasteiger partial charge in [0.1, 0.15) is 11.6 Å². The number of aromatic nitrogens is 1. The van der Waals surface area contributed by atoms with Crippen molar-refractivity contribution in [3.05, 3.63) is 41.9 Å². The van der Waals surface area contributed by atoms with E-state index < -0.39 is 0 Å². The Kier molecular flexibility index (Phi) is 3.58. The molecule has 0 spiro atoms. The van der Waals surface area contributed by atoms with Crippen LogP contribution >= 0.6 is 0 Å². The molecule has 0 radical (unpaired) electrons. The van der Waals surface area contributed by atoms with Crippen molar-refractivity contribution in [2.75, 3.05) is 14.1 Å². The summed E-state index contributed by atoms with van der Waals surface area (Å²) >= 11 is 0. The van der Waals surface area contributed by atoms with Crippen molar-refractivity contribution in [3.63, 3.8) is 0 Å². The van der Waals surface area contributed by atoms with E-state index in [1.165, 1.54) is 12.4 Å². The van der Waals surface area contributed by atoms with Crippen LogP contribution in [0.3, 0.4) is 0 Å². The van der Waals surface area contributed by atoms with Gasteiger partial charge in [0.15, 0.2) is 0 Å². The maximum atomic E-state index is 11.8. The van der Waals surface area contributed by atoms with Crippen molar-refractivity contribution in [1.82, 2.24) is 9.88 Å². The van der Waals surface area contributed by atoms with Crippen LogP contribution in [-0.4, -0.2) is 29.8 Å². The molecule has 0 aliphatic heterocycles. The van der Waals surface area contributed by atoms with Gasteiger partial charge in [-0.2, -0.15) is 5.26 Å². The number of rotatable bonds is 3. The Balaban J connectivity index is 3.00. The molecule has 0 N–H and O–H groups in total. The summed E-state index contributed by atoms with van der Waals surface area (Å²) < 4.78 is 0. The van der Waals surface area contributed by atoms with E-state index in [1.54, 1.807) is 37.3 Å². The van der Waals surface area contributed by atoms with E-state index in [0.717, 1.165) is 0 Å². The largest absolute Gasteiger partial charge is 0.382 e. The third-order valence-electron chi connectivity index (χ3n) is 1.68. The van der Waals surface area contributed by atoms with Crippen molar-refractivity contribution in [3.8, 4) is 6.07 Å². The molecule has 0 saturated carbocycles. The number of nitrogens with zero attached hydrogens (tertiary/aromatic N) is 3. The molecular weight excluding hydrogens is 190 g/mol. The number of carbonyl (C=O) groups is 1. The molecule has 1 heterocycles. The summed E-state index contributed by atoms with van der Waals surface area (Å²) in [5.41, 5.74) is 0.528. The quantitative estimate of drug-likeness (QED) is 0.419. The van der Waals surface area contributed by atoms with Crippen LogP contribution in [0.25, 0.3) is 0 Å². The van der Waals surface area contributed by atoms with Gasteiger partial charge in [0.2, 0.25) is 5.78 Å². The number of allylic oxidation sites excluding steroid dienone is 1. The summed E-state index contributed by atoms with van der Waals surface area (Å²) in [7, 11) is 3.52. The average Bonchev–Trinajstić information content (AvgIpc) is 2.26. The summed E-state index contributed by atoms with van der Waals surface area (Å²) in [6.07, 6.45) is 4.52. The molecule has 0 aromatic carbocycles. The number of ketones is 1. The molecule has 0 bridgehead atoms. The second-order valence-electron chi connectivity index (χ2n) is 3.19. The number of nitriles is 1. The molecule has 0 amide bonds. The zero-order valence-corrected chi connectivity index (χ0v) is 8.64. The minimum Gasteiger partial charge on any atom is -0.382 e. The van der Waals surface area contributed by atoms with Crippen molar-refractivity contribution in [1.29, 1.82) is 5.26 Å². The molecule has 1 aromatic rings. The van der Waals surface area contributed by atoms with Crippen LogP contribution in [0, 0.1) is 11.3 Å². The van der Waals surface area contributed by atoms with Crippen LogP contribution in [0.2, 0.25) is 0 Å². The van der Waals surface area contributed by atoms with Gasteiger partial charge in [-0.1, -0.05) is 0 Å². The van der Waals surface area contributed by atoms with Gasteiger partial charge in [0.05, 0.1) is 0 Å². The van der Waals surface area contributed by atoms with Crippen molar-refractivity contribution >= 4 is 5.78 Å². The van der Waals surface area contributed by atoms with Crippen LogP contribution in [0.4, 0.5) is 0 Å². The summed E-state index contributed by atoms with van der Waals surface area (Å²) in [6.45, 7) is 0. The lowest BCUT2D eigenvalue weighted by Crippen LogP contribution is -2.08. The minimum absolute atomic E-state index is 0.105. The zero-order valence-electron chi connectivity index (χ0n) is 8.64. The third kappa shape index (κ3) is 2.92. The SMILES string of the molecule is CN(C)C=C(C#N)C(=O)c1cccnc1. The molecule has 0 atom stereocenters.